The number of amides is 3. The molecule has 0 saturated carbocycles. The number of methoxy groups -OCH3 is 3. The molecule has 13 heteroatoms. The summed E-state index contributed by atoms with van der Waals surface area (Å²) in [5, 5.41) is 2.93. The number of benzene rings is 3. The van der Waals surface area contributed by atoms with Gasteiger partial charge in [0.15, 0.2) is 11.5 Å². The van der Waals surface area contributed by atoms with Gasteiger partial charge in [0.2, 0.25) is 11.8 Å². The molecule has 0 radical (unpaired) electrons. The van der Waals surface area contributed by atoms with Crippen LogP contribution < -0.4 is 19.5 Å². The Morgan fingerprint density at radius 2 is 1.78 bits per heavy atom. The van der Waals surface area contributed by atoms with E-state index in [0.717, 1.165) is 18.4 Å². The van der Waals surface area contributed by atoms with Crippen molar-refractivity contribution in [1.82, 2.24) is 14.5 Å². The lowest BCUT2D eigenvalue weighted by atomic mass is 10.0. The first-order valence-corrected chi connectivity index (χ1v) is 16.3. The van der Waals surface area contributed by atoms with Crippen LogP contribution in [0.5, 0.6) is 17.2 Å². The van der Waals surface area contributed by atoms with Gasteiger partial charge in [-0.05, 0) is 66.8 Å². The van der Waals surface area contributed by atoms with Crippen molar-refractivity contribution in [3.63, 3.8) is 0 Å². The Morgan fingerprint density at radius 3 is 2.48 bits per heavy atom. The van der Waals surface area contributed by atoms with Crippen molar-refractivity contribution >= 4 is 27.7 Å². The van der Waals surface area contributed by atoms with Gasteiger partial charge in [-0.2, -0.15) is 0 Å². The second-order valence-electron chi connectivity index (χ2n) is 10.9. The molecule has 0 bridgehead atoms. The summed E-state index contributed by atoms with van der Waals surface area (Å²) in [5.41, 5.74) is 1.21. The van der Waals surface area contributed by atoms with Crippen LogP contribution in [0.1, 0.15) is 40.4 Å². The minimum Gasteiger partial charge on any atom is -0.497 e. The highest BCUT2D eigenvalue weighted by Crippen LogP contribution is 2.32. The van der Waals surface area contributed by atoms with E-state index in [9.17, 15) is 22.8 Å². The van der Waals surface area contributed by atoms with Crippen LogP contribution in [-0.4, -0.2) is 89.0 Å². The van der Waals surface area contributed by atoms with Gasteiger partial charge >= 0.3 is 0 Å². The lowest BCUT2D eigenvalue weighted by Crippen LogP contribution is -2.49. The third-order valence-corrected chi connectivity index (χ3v) is 9.89. The van der Waals surface area contributed by atoms with Gasteiger partial charge in [-0.3, -0.25) is 14.4 Å². The molecule has 0 spiro atoms. The molecular weight excluding hydrogens is 614 g/mol. The van der Waals surface area contributed by atoms with E-state index in [-0.39, 0.29) is 36.1 Å². The third kappa shape index (κ3) is 6.80. The Bertz CT molecular complexity index is 1710. The highest BCUT2D eigenvalue weighted by atomic mass is 32.2. The maximum absolute atomic E-state index is 14.2. The summed E-state index contributed by atoms with van der Waals surface area (Å²) < 4.78 is 49.2. The van der Waals surface area contributed by atoms with Crippen LogP contribution in [0, 0.1) is 0 Å². The number of nitrogens with zero attached hydrogens (tertiary/aromatic N) is 2. The number of carbonyl (C=O) groups is 3. The van der Waals surface area contributed by atoms with Gasteiger partial charge in [0.05, 0.1) is 33.0 Å². The van der Waals surface area contributed by atoms with E-state index in [4.69, 9.17) is 18.9 Å². The lowest BCUT2D eigenvalue weighted by molar-refractivity contribution is -0.141. The fourth-order valence-electron chi connectivity index (χ4n) is 5.69. The summed E-state index contributed by atoms with van der Waals surface area (Å²) in [4.78, 5) is 42.6. The monoisotopic (exact) mass is 651 g/mol. The van der Waals surface area contributed by atoms with E-state index in [1.54, 1.807) is 42.5 Å². The van der Waals surface area contributed by atoms with Crippen molar-refractivity contribution in [2.45, 2.75) is 36.3 Å². The fraction of sp³-hybridized carbons (Fsp3) is 0.364. The highest BCUT2D eigenvalue weighted by Gasteiger charge is 2.43. The Balaban J connectivity index is 1.51. The summed E-state index contributed by atoms with van der Waals surface area (Å²) in [6.45, 7) is 0.0572. The number of ether oxygens (including phenoxy) is 4. The van der Waals surface area contributed by atoms with Crippen LogP contribution in [0.2, 0.25) is 0 Å². The van der Waals surface area contributed by atoms with Gasteiger partial charge in [-0.15, -0.1) is 0 Å². The maximum Gasteiger partial charge on any atom is 0.269 e. The topological polar surface area (TPSA) is 141 Å². The molecule has 3 aromatic carbocycles. The van der Waals surface area contributed by atoms with Crippen LogP contribution in [-0.2, 0) is 30.8 Å². The molecule has 3 amide bonds. The predicted molar refractivity (Wildman–Crippen MR) is 167 cm³/mol. The van der Waals surface area contributed by atoms with Crippen molar-refractivity contribution in [2.24, 2.45) is 0 Å². The number of rotatable bonds is 13. The number of fused-ring (bicyclic) bond motifs is 1. The van der Waals surface area contributed by atoms with E-state index in [0.29, 0.717) is 33.7 Å². The molecular formula is C33H37N3O9S. The largest absolute Gasteiger partial charge is 0.497 e. The van der Waals surface area contributed by atoms with Gasteiger partial charge in [0.25, 0.3) is 15.9 Å². The molecule has 12 nitrogen and oxygen atoms in total. The highest BCUT2D eigenvalue weighted by molar-refractivity contribution is 7.90. The molecule has 244 valence electrons. The molecule has 5 rings (SSSR count). The number of carbonyl (C=O) groups excluding carboxylic acids is 3. The van der Waals surface area contributed by atoms with Gasteiger partial charge in [-0.1, -0.05) is 30.3 Å². The molecule has 2 aliphatic rings. The zero-order valence-corrected chi connectivity index (χ0v) is 26.7. The van der Waals surface area contributed by atoms with Gasteiger partial charge in [0, 0.05) is 19.7 Å². The minimum absolute atomic E-state index is 0.00142. The number of hydrogen-bond acceptors (Lipinski definition) is 9. The van der Waals surface area contributed by atoms with Crippen LogP contribution in [0.4, 0.5) is 0 Å². The van der Waals surface area contributed by atoms with Crippen molar-refractivity contribution in [2.75, 3.05) is 47.6 Å². The quantitative estimate of drug-likeness (QED) is 0.295. The minimum atomic E-state index is -4.28. The van der Waals surface area contributed by atoms with E-state index < -0.39 is 40.3 Å². The van der Waals surface area contributed by atoms with Crippen LogP contribution in [0.15, 0.2) is 71.6 Å². The molecule has 2 heterocycles. The summed E-state index contributed by atoms with van der Waals surface area (Å²) in [7, 11) is 0.251. The van der Waals surface area contributed by atoms with Crippen LogP contribution >= 0.6 is 0 Å². The molecule has 0 unspecified atom stereocenters. The molecule has 46 heavy (non-hydrogen) atoms. The van der Waals surface area contributed by atoms with E-state index in [2.05, 4.69) is 5.32 Å². The Morgan fingerprint density at radius 1 is 1.00 bits per heavy atom. The van der Waals surface area contributed by atoms with Crippen molar-refractivity contribution < 1.29 is 41.7 Å². The average Bonchev–Trinajstić information content (AvgIpc) is 3.66. The molecule has 1 fully saturated rings. The lowest BCUT2D eigenvalue weighted by Gasteiger charge is -2.33. The summed E-state index contributed by atoms with van der Waals surface area (Å²) in [5.74, 6) is -0.532. The molecule has 2 atom stereocenters. The zero-order valence-electron chi connectivity index (χ0n) is 25.9. The van der Waals surface area contributed by atoms with Crippen molar-refractivity contribution in [3.05, 3.63) is 83.4 Å². The van der Waals surface area contributed by atoms with Gasteiger partial charge in [-0.25, -0.2) is 12.7 Å². The normalized spacial score (nSPS) is 17.2. The summed E-state index contributed by atoms with van der Waals surface area (Å²) in [6, 6.07) is 16.7. The Kier molecular flexibility index (Phi) is 10.1. The van der Waals surface area contributed by atoms with Crippen LogP contribution in [0.3, 0.4) is 0 Å². The Labute approximate surface area is 268 Å². The summed E-state index contributed by atoms with van der Waals surface area (Å²) in [6.07, 6.45) is 1.79. The molecule has 0 aliphatic carbocycles. The maximum atomic E-state index is 14.2. The first-order chi connectivity index (χ1) is 22.2. The Hall–Kier alpha value is -4.62. The number of sulfonamides is 1. The predicted octanol–water partition coefficient (Wildman–Crippen LogP) is 2.96. The zero-order chi connectivity index (χ0) is 32.8. The van der Waals surface area contributed by atoms with Crippen molar-refractivity contribution in [1.29, 1.82) is 0 Å². The second-order valence-corrected chi connectivity index (χ2v) is 12.7. The second kappa shape index (κ2) is 14.2. The molecule has 1 N–H and O–H groups in total. The van der Waals surface area contributed by atoms with E-state index >= 15 is 0 Å². The third-order valence-electron chi connectivity index (χ3n) is 8.10. The summed E-state index contributed by atoms with van der Waals surface area (Å²) >= 11 is 0. The molecule has 3 aromatic rings. The average molecular weight is 652 g/mol. The molecule has 2 aliphatic heterocycles. The van der Waals surface area contributed by atoms with Crippen molar-refractivity contribution in [3.8, 4) is 17.2 Å². The first kappa shape index (κ1) is 32.8. The smallest absolute Gasteiger partial charge is 0.269 e. The number of nitrogens with one attached hydrogen (secondary N) is 1. The van der Waals surface area contributed by atoms with E-state index in [1.807, 2.05) is 6.07 Å². The van der Waals surface area contributed by atoms with Crippen LogP contribution in [0.25, 0.3) is 0 Å². The standard InChI is InChI=1S/C33H37N3O9S/c1-42-24-9-6-8-23(19-24)31(32(38)34-20-25-10-7-17-45-25)35(16-15-22-13-14-27(43-2)28(18-22)44-3)30(37)21-36-33(39)26-11-4-5-12-29(26)46(36,40)41/h4-6,8-9,11-14,18-19,25,31H,7,10,15-17,20-21H2,1-3H3,(H,34,38)/t25-,31+/m0/s1. The molecule has 0 aromatic heterocycles. The van der Waals surface area contributed by atoms with Gasteiger partial charge < -0.3 is 29.2 Å². The SMILES string of the molecule is COc1cccc([C@H](C(=O)NC[C@@H]2CCCO2)N(CCc2ccc(OC)c(OC)c2)C(=O)CN2C(=O)c3ccccc3S2(=O)=O)c1. The fourth-order valence-corrected chi connectivity index (χ4v) is 7.20. The first-order valence-electron chi connectivity index (χ1n) is 14.9. The van der Waals surface area contributed by atoms with E-state index in [1.165, 1.54) is 44.4 Å². The number of hydrogen-bond donors (Lipinski definition) is 1. The van der Waals surface area contributed by atoms with Gasteiger partial charge in [0.1, 0.15) is 23.2 Å². The molecule has 1 saturated heterocycles.